The summed E-state index contributed by atoms with van der Waals surface area (Å²) in [5.41, 5.74) is 1.08. The molecule has 0 amide bonds. The van der Waals surface area contributed by atoms with Crippen LogP contribution in [0.15, 0.2) is 16.6 Å². The van der Waals surface area contributed by atoms with Crippen molar-refractivity contribution in [2.24, 2.45) is 11.3 Å². The summed E-state index contributed by atoms with van der Waals surface area (Å²) in [7, 11) is 0. The van der Waals surface area contributed by atoms with E-state index in [1.807, 2.05) is 19.1 Å². The van der Waals surface area contributed by atoms with Crippen LogP contribution in [0.3, 0.4) is 0 Å². The number of hydrogen-bond donors (Lipinski definition) is 1. The number of anilines is 1. The van der Waals surface area contributed by atoms with Gasteiger partial charge in [0.05, 0.1) is 22.9 Å². The first kappa shape index (κ1) is 15.4. The van der Waals surface area contributed by atoms with Crippen LogP contribution in [0.5, 0.6) is 5.75 Å². The van der Waals surface area contributed by atoms with Gasteiger partial charge in [-0.15, -0.1) is 0 Å². The van der Waals surface area contributed by atoms with Crippen LogP contribution >= 0.6 is 27.5 Å². The Morgan fingerprint density at radius 2 is 2.24 bits per heavy atom. The molecule has 5 heteroatoms. The van der Waals surface area contributed by atoms with Gasteiger partial charge in [0.25, 0.3) is 0 Å². The molecular formula is C16H21BrClNO2. The molecular weight excluding hydrogens is 354 g/mol. The molecule has 1 aliphatic carbocycles. The summed E-state index contributed by atoms with van der Waals surface area (Å²) in [5, 5.41) is 4.35. The Morgan fingerprint density at radius 1 is 1.48 bits per heavy atom. The van der Waals surface area contributed by atoms with Gasteiger partial charge in [-0.3, -0.25) is 0 Å². The minimum Gasteiger partial charge on any atom is -0.491 e. The molecule has 1 saturated heterocycles. The quantitative estimate of drug-likeness (QED) is 0.826. The van der Waals surface area contributed by atoms with Crippen molar-refractivity contribution in [3.63, 3.8) is 0 Å². The average Bonchev–Trinajstić information content (AvgIpc) is 2.86. The second-order valence-corrected chi connectivity index (χ2v) is 7.68. The summed E-state index contributed by atoms with van der Waals surface area (Å²) in [4.78, 5) is 0. The standard InChI is InChI=1S/C16H21BrClNO2/c1-4-20-13-11(17)7-9(18)8-12(13)19-14-10-5-6-21-15(10)16(14,2)3/h7-8,10,14-15,19H,4-6H2,1-3H3. The smallest absolute Gasteiger partial charge is 0.156 e. The fourth-order valence-corrected chi connectivity index (χ4v) is 4.67. The maximum atomic E-state index is 6.20. The molecule has 3 atom stereocenters. The molecule has 1 aromatic carbocycles. The summed E-state index contributed by atoms with van der Waals surface area (Å²) >= 11 is 9.74. The highest BCUT2D eigenvalue weighted by atomic mass is 79.9. The van der Waals surface area contributed by atoms with Crippen molar-refractivity contribution < 1.29 is 9.47 Å². The fourth-order valence-electron chi connectivity index (χ4n) is 3.74. The van der Waals surface area contributed by atoms with Gasteiger partial charge in [0.1, 0.15) is 0 Å². The lowest BCUT2D eigenvalue weighted by atomic mass is 9.57. The minimum absolute atomic E-state index is 0.124. The van der Waals surface area contributed by atoms with Crippen molar-refractivity contribution in [2.75, 3.05) is 18.5 Å². The summed E-state index contributed by atoms with van der Waals surface area (Å²) in [6.45, 7) is 8.00. The summed E-state index contributed by atoms with van der Waals surface area (Å²) in [6, 6.07) is 4.19. The van der Waals surface area contributed by atoms with Crippen LogP contribution in [0.4, 0.5) is 5.69 Å². The van der Waals surface area contributed by atoms with Gasteiger partial charge >= 0.3 is 0 Å². The molecule has 3 unspecified atom stereocenters. The molecule has 0 radical (unpaired) electrons. The van der Waals surface area contributed by atoms with Crippen LogP contribution in [-0.2, 0) is 4.74 Å². The van der Waals surface area contributed by atoms with Crippen molar-refractivity contribution in [3.05, 3.63) is 21.6 Å². The van der Waals surface area contributed by atoms with Crippen molar-refractivity contribution in [1.29, 1.82) is 0 Å². The van der Waals surface area contributed by atoms with Gasteiger partial charge in [-0.25, -0.2) is 0 Å². The Morgan fingerprint density at radius 3 is 2.95 bits per heavy atom. The highest BCUT2D eigenvalue weighted by molar-refractivity contribution is 9.10. The molecule has 3 rings (SSSR count). The first-order valence-corrected chi connectivity index (χ1v) is 8.62. The molecule has 0 aromatic heterocycles. The van der Waals surface area contributed by atoms with E-state index in [-0.39, 0.29) is 5.41 Å². The van der Waals surface area contributed by atoms with E-state index in [0.29, 0.717) is 29.7 Å². The van der Waals surface area contributed by atoms with Crippen molar-refractivity contribution in [1.82, 2.24) is 0 Å². The van der Waals surface area contributed by atoms with Gasteiger partial charge in [-0.05, 0) is 41.4 Å². The highest BCUT2D eigenvalue weighted by Gasteiger charge is 2.59. The molecule has 1 aromatic rings. The van der Waals surface area contributed by atoms with Crippen LogP contribution < -0.4 is 10.1 Å². The Hall–Kier alpha value is -0.450. The van der Waals surface area contributed by atoms with Crippen molar-refractivity contribution in [3.8, 4) is 5.75 Å². The van der Waals surface area contributed by atoms with Crippen LogP contribution in [0.25, 0.3) is 0 Å². The summed E-state index contributed by atoms with van der Waals surface area (Å²) < 4.78 is 12.5. The summed E-state index contributed by atoms with van der Waals surface area (Å²) in [6.07, 6.45) is 1.49. The molecule has 21 heavy (non-hydrogen) atoms. The van der Waals surface area contributed by atoms with E-state index in [4.69, 9.17) is 21.1 Å². The van der Waals surface area contributed by atoms with E-state index < -0.39 is 0 Å². The molecule has 2 aliphatic rings. The fraction of sp³-hybridized carbons (Fsp3) is 0.625. The minimum atomic E-state index is 0.124. The van der Waals surface area contributed by atoms with E-state index >= 15 is 0 Å². The first-order valence-electron chi connectivity index (χ1n) is 7.45. The lowest BCUT2D eigenvalue weighted by Gasteiger charge is -2.55. The Bertz CT molecular complexity index is 549. The molecule has 116 valence electrons. The molecule has 0 bridgehead atoms. The van der Waals surface area contributed by atoms with E-state index in [1.165, 1.54) is 0 Å². The van der Waals surface area contributed by atoms with Gasteiger partial charge < -0.3 is 14.8 Å². The lowest BCUT2D eigenvalue weighted by Crippen LogP contribution is -2.63. The SMILES string of the molecule is CCOc1c(Br)cc(Cl)cc1NC1C2CCOC2C1(C)C. The Balaban J connectivity index is 1.88. The molecule has 2 fully saturated rings. The molecule has 1 aliphatic heterocycles. The number of fused-ring (bicyclic) bond motifs is 1. The number of halogens is 2. The van der Waals surface area contributed by atoms with Gasteiger partial charge in [-0.1, -0.05) is 25.4 Å². The van der Waals surface area contributed by atoms with E-state index in [2.05, 4.69) is 35.1 Å². The third-order valence-electron chi connectivity index (χ3n) is 4.71. The topological polar surface area (TPSA) is 30.5 Å². The first-order chi connectivity index (χ1) is 9.95. The van der Waals surface area contributed by atoms with E-state index in [1.54, 1.807) is 0 Å². The number of nitrogens with one attached hydrogen (secondary N) is 1. The zero-order valence-corrected chi connectivity index (χ0v) is 14.9. The van der Waals surface area contributed by atoms with E-state index in [0.717, 1.165) is 28.9 Å². The predicted molar refractivity (Wildman–Crippen MR) is 89.4 cm³/mol. The maximum absolute atomic E-state index is 6.20. The number of hydrogen-bond acceptors (Lipinski definition) is 3. The Kier molecular flexibility index (Phi) is 4.15. The molecule has 1 heterocycles. The second kappa shape index (κ2) is 5.64. The molecule has 3 nitrogen and oxygen atoms in total. The van der Waals surface area contributed by atoms with Gasteiger partial charge in [0.2, 0.25) is 0 Å². The van der Waals surface area contributed by atoms with Crippen LogP contribution in [-0.4, -0.2) is 25.4 Å². The van der Waals surface area contributed by atoms with E-state index in [9.17, 15) is 0 Å². The monoisotopic (exact) mass is 373 g/mol. The average molecular weight is 375 g/mol. The lowest BCUT2D eigenvalue weighted by molar-refractivity contribution is -0.0923. The highest BCUT2D eigenvalue weighted by Crippen LogP contribution is 2.54. The second-order valence-electron chi connectivity index (χ2n) is 6.38. The molecule has 1 saturated carbocycles. The van der Waals surface area contributed by atoms with Crippen LogP contribution in [0.1, 0.15) is 27.2 Å². The Labute approximate surface area is 139 Å². The van der Waals surface area contributed by atoms with Crippen molar-refractivity contribution >= 4 is 33.2 Å². The largest absolute Gasteiger partial charge is 0.491 e. The third-order valence-corrected chi connectivity index (χ3v) is 5.52. The van der Waals surface area contributed by atoms with Gasteiger partial charge in [0.15, 0.2) is 5.75 Å². The van der Waals surface area contributed by atoms with Crippen LogP contribution in [0.2, 0.25) is 5.02 Å². The van der Waals surface area contributed by atoms with Crippen LogP contribution in [0, 0.1) is 11.3 Å². The number of ether oxygens (including phenoxy) is 2. The zero-order chi connectivity index (χ0) is 15.2. The number of rotatable bonds is 4. The maximum Gasteiger partial charge on any atom is 0.156 e. The predicted octanol–water partition coefficient (Wildman–Crippen LogP) is 4.73. The normalized spacial score (nSPS) is 29.7. The van der Waals surface area contributed by atoms with Gasteiger partial charge in [-0.2, -0.15) is 0 Å². The molecule has 1 N–H and O–H groups in total. The van der Waals surface area contributed by atoms with Crippen molar-refractivity contribution in [2.45, 2.75) is 39.3 Å². The number of benzene rings is 1. The third kappa shape index (κ3) is 2.55. The van der Waals surface area contributed by atoms with Gasteiger partial charge in [0, 0.05) is 29.0 Å². The zero-order valence-electron chi connectivity index (χ0n) is 12.6. The summed E-state index contributed by atoms with van der Waals surface area (Å²) in [5.74, 6) is 1.41. The molecule has 0 spiro atoms.